The number of nitro groups is 1. The number of aromatic nitrogens is 2. The van der Waals surface area contributed by atoms with Gasteiger partial charge in [0.15, 0.2) is 0 Å². The fourth-order valence-corrected chi connectivity index (χ4v) is 3.16. The lowest BCUT2D eigenvalue weighted by atomic mass is 10.0. The van der Waals surface area contributed by atoms with E-state index in [0.29, 0.717) is 30.9 Å². The molecule has 4 N–H and O–H groups in total. The first-order valence-electron chi connectivity index (χ1n) is 9.56. The molecule has 0 spiro atoms. The Kier molecular flexibility index (Phi) is 6.31. The van der Waals surface area contributed by atoms with E-state index in [9.17, 15) is 20.0 Å². The third kappa shape index (κ3) is 4.75. The quantitative estimate of drug-likeness (QED) is 0.278. The molecule has 30 heavy (non-hydrogen) atoms. The van der Waals surface area contributed by atoms with Gasteiger partial charge in [-0.15, -0.1) is 0 Å². The third-order valence-corrected chi connectivity index (χ3v) is 4.78. The van der Waals surface area contributed by atoms with Crippen molar-refractivity contribution in [3.8, 4) is 11.1 Å². The number of pyridine rings is 1. The summed E-state index contributed by atoms with van der Waals surface area (Å²) in [5, 5.41) is 23.4. The minimum Gasteiger partial charge on any atom is -0.478 e. The molecule has 3 rings (SSSR count). The van der Waals surface area contributed by atoms with Crippen molar-refractivity contribution in [3.05, 3.63) is 70.0 Å². The fraction of sp³-hybridized carbons (Fsp3) is 0.238. The molecule has 0 radical (unpaired) electrons. The van der Waals surface area contributed by atoms with E-state index in [1.807, 2.05) is 35.0 Å². The molecule has 0 aliphatic rings. The molecule has 0 aliphatic heterocycles. The van der Waals surface area contributed by atoms with E-state index in [1.165, 1.54) is 17.7 Å². The zero-order valence-corrected chi connectivity index (χ0v) is 16.5. The molecule has 1 aromatic carbocycles. The Balaban J connectivity index is 1.63. The lowest BCUT2D eigenvalue weighted by Crippen LogP contribution is -2.08. The molecule has 0 fully saturated rings. The maximum atomic E-state index is 11.7. The van der Waals surface area contributed by atoms with Gasteiger partial charge in [0.2, 0.25) is 5.82 Å². The molecule has 0 aliphatic carbocycles. The van der Waals surface area contributed by atoms with E-state index in [-0.39, 0.29) is 17.1 Å². The molecule has 2 aromatic heterocycles. The molecular weight excluding hydrogens is 386 g/mol. The van der Waals surface area contributed by atoms with Gasteiger partial charge < -0.3 is 20.7 Å². The third-order valence-electron chi connectivity index (χ3n) is 4.78. The van der Waals surface area contributed by atoms with Gasteiger partial charge in [-0.25, -0.2) is 9.78 Å². The monoisotopic (exact) mass is 409 g/mol. The van der Waals surface area contributed by atoms with Crippen LogP contribution in [-0.2, 0) is 13.0 Å². The number of nitrogens with one attached hydrogen (secondary N) is 1. The van der Waals surface area contributed by atoms with Crippen LogP contribution in [-0.4, -0.2) is 32.1 Å². The fourth-order valence-electron chi connectivity index (χ4n) is 3.16. The molecule has 0 unspecified atom stereocenters. The Morgan fingerprint density at radius 3 is 2.57 bits per heavy atom. The van der Waals surface area contributed by atoms with Gasteiger partial charge in [0, 0.05) is 37.1 Å². The molecule has 0 amide bonds. The molecule has 0 saturated heterocycles. The van der Waals surface area contributed by atoms with Gasteiger partial charge in [-0.3, -0.25) is 10.1 Å². The van der Waals surface area contributed by atoms with Crippen LogP contribution >= 0.6 is 0 Å². The van der Waals surface area contributed by atoms with Crippen LogP contribution < -0.4 is 11.1 Å². The second-order valence-corrected chi connectivity index (χ2v) is 6.82. The average molecular weight is 409 g/mol. The highest BCUT2D eigenvalue weighted by Gasteiger charge is 2.15. The van der Waals surface area contributed by atoms with Gasteiger partial charge >= 0.3 is 11.7 Å². The van der Waals surface area contributed by atoms with Crippen molar-refractivity contribution in [3.63, 3.8) is 0 Å². The van der Waals surface area contributed by atoms with E-state index in [2.05, 4.69) is 17.2 Å². The SMILES string of the molecule is CCc1ccc(-c2cn(CCCNc3ccc([N+](=O)[O-])c(N)n3)cc2C(=O)O)cc1. The van der Waals surface area contributed by atoms with Crippen LogP contribution in [0.1, 0.15) is 29.3 Å². The minimum atomic E-state index is -0.966. The van der Waals surface area contributed by atoms with Gasteiger partial charge in [0.1, 0.15) is 5.82 Å². The number of nitrogens with zero attached hydrogens (tertiary/aromatic N) is 3. The van der Waals surface area contributed by atoms with E-state index >= 15 is 0 Å². The van der Waals surface area contributed by atoms with Crippen LogP contribution in [0.2, 0.25) is 0 Å². The van der Waals surface area contributed by atoms with Crippen molar-refractivity contribution >= 4 is 23.3 Å². The minimum absolute atomic E-state index is 0.139. The Hall–Kier alpha value is -3.88. The predicted octanol–water partition coefficient (Wildman–Crippen LogP) is 3.80. The number of carboxylic acids is 1. The number of carbonyl (C=O) groups is 1. The Bertz CT molecular complexity index is 1060. The highest BCUT2D eigenvalue weighted by atomic mass is 16.6. The van der Waals surface area contributed by atoms with Crippen LogP contribution in [0.15, 0.2) is 48.8 Å². The Labute approximate surface area is 173 Å². The summed E-state index contributed by atoms with van der Waals surface area (Å²) in [6.45, 7) is 3.22. The number of hydrogen-bond donors (Lipinski definition) is 3. The number of hydrogen-bond acceptors (Lipinski definition) is 6. The standard InChI is InChI=1S/C21H23N5O4/c1-2-14-4-6-15(7-5-14)16-12-25(13-17(16)21(27)28)11-3-10-23-19-9-8-18(26(29)30)20(22)24-19/h4-9,12-13H,2-3,10-11H2,1H3,(H,27,28)(H3,22,23,24). The summed E-state index contributed by atoms with van der Waals surface area (Å²) in [6.07, 6.45) is 5.09. The molecule has 156 valence electrons. The average Bonchev–Trinajstić information content (AvgIpc) is 3.15. The summed E-state index contributed by atoms with van der Waals surface area (Å²) in [6, 6.07) is 10.7. The normalized spacial score (nSPS) is 10.7. The van der Waals surface area contributed by atoms with E-state index in [4.69, 9.17) is 5.73 Å². The number of rotatable bonds is 9. The number of aryl methyl sites for hydroxylation is 2. The Morgan fingerprint density at radius 1 is 1.23 bits per heavy atom. The summed E-state index contributed by atoms with van der Waals surface area (Å²) in [7, 11) is 0. The lowest BCUT2D eigenvalue weighted by Gasteiger charge is -2.07. The van der Waals surface area contributed by atoms with E-state index in [0.717, 1.165) is 12.0 Å². The number of benzene rings is 1. The highest BCUT2D eigenvalue weighted by Crippen LogP contribution is 2.26. The largest absolute Gasteiger partial charge is 0.478 e. The second kappa shape index (κ2) is 9.08. The number of nitrogen functional groups attached to an aromatic ring is 1. The van der Waals surface area contributed by atoms with Crippen molar-refractivity contribution in [2.45, 2.75) is 26.3 Å². The van der Waals surface area contributed by atoms with Crippen molar-refractivity contribution in [1.29, 1.82) is 0 Å². The Morgan fingerprint density at radius 2 is 1.97 bits per heavy atom. The molecule has 3 aromatic rings. The van der Waals surface area contributed by atoms with Gasteiger partial charge in [-0.05, 0) is 30.0 Å². The van der Waals surface area contributed by atoms with E-state index < -0.39 is 10.9 Å². The molecule has 2 heterocycles. The lowest BCUT2D eigenvalue weighted by molar-refractivity contribution is -0.384. The molecule has 9 heteroatoms. The van der Waals surface area contributed by atoms with Crippen LogP contribution in [0.4, 0.5) is 17.3 Å². The zero-order chi connectivity index (χ0) is 21.7. The predicted molar refractivity (Wildman–Crippen MR) is 115 cm³/mol. The van der Waals surface area contributed by atoms with Gasteiger partial charge in [0.25, 0.3) is 0 Å². The van der Waals surface area contributed by atoms with Crippen LogP contribution in [0.3, 0.4) is 0 Å². The van der Waals surface area contributed by atoms with Gasteiger partial charge in [-0.1, -0.05) is 31.2 Å². The summed E-state index contributed by atoms with van der Waals surface area (Å²) < 4.78 is 1.85. The topological polar surface area (TPSA) is 136 Å². The zero-order valence-electron chi connectivity index (χ0n) is 16.5. The van der Waals surface area contributed by atoms with Gasteiger partial charge in [-0.2, -0.15) is 0 Å². The number of aromatic carboxylic acids is 1. The van der Waals surface area contributed by atoms with Crippen molar-refractivity contribution < 1.29 is 14.8 Å². The van der Waals surface area contributed by atoms with Crippen molar-refractivity contribution in [1.82, 2.24) is 9.55 Å². The summed E-state index contributed by atoms with van der Waals surface area (Å²) in [5.74, 6) is -0.652. The first-order chi connectivity index (χ1) is 14.4. The van der Waals surface area contributed by atoms with Crippen LogP contribution in [0.25, 0.3) is 11.1 Å². The highest BCUT2D eigenvalue weighted by molar-refractivity contribution is 5.96. The van der Waals surface area contributed by atoms with Gasteiger partial charge in [0.05, 0.1) is 10.5 Å². The molecular formula is C21H23N5O4. The summed E-state index contributed by atoms with van der Waals surface area (Å²) in [5.41, 5.74) is 8.37. The first-order valence-corrected chi connectivity index (χ1v) is 9.56. The van der Waals surface area contributed by atoms with Crippen molar-refractivity contribution in [2.24, 2.45) is 0 Å². The first kappa shape index (κ1) is 20.8. The molecule has 9 nitrogen and oxygen atoms in total. The summed E-state index contributed by atoms with van der Waals surface area (Å²) in [4.78, 5) is 25.8. The second-order valence-electron chi connectivity index (χ2n) is 6.82. The summed E-state index contributed by atoms with van der Waals surface area (Å²) >= 11 is 0. The van der Waals surface area contributed by atoms with E-state index in [1.54, 1.807) is 6.20 Å². The maximum Gasteiger partial charge on any atom is 0.337 e. The maximum absolute atomic E-state index is 11.7. The van der Waals surface area contributed by atoms with Crippen LogP contribution in [0, 0.1) is 10.1 Å². The smallest absolute Gasteiger partial charge is 0.337 e. The molecule has 0 atom stereocenters. The molecule has 0 saturated carbocycles. The van der Waals surface area contributed by atoms with Crippen LogP contribution in [0.5, 0.6) is 0 Å². The number of nitrogens with two attached hydrogens (primary N) is 1. The molecule has 0 bridgehead atoms. The number of carboxylic acid groups (broad SMARTS) is 1. The number of anilines is 2. The van der Waals surface area contributed by atoms with Crippen molar-refractivity contribution in [2.75, 3.05) is 17.6 Å².